The number of aliphatic hydroxyl groups excluding tert-OH is 1. The van der Waals surface area contributed by atoms with Gasteiger partial charge in [-0.15, -0.1) is 24.2 Å². The zero-order chi connectivity index (χ0) is 24.4. The van der Waals surface area contributed by atoms with Gasteiger partial charge in [0.2, 0.25) is 5.91 Å². The standard InChI is InChI=1S/C25H28FN5O3S.ClH/c1-34-17-3-4-21-19(8-17)18(20(26)11-28-21)6-7-31-12-15(22(32)13-31)9-27-10-16-2-5-23-25(29-16)30-24(33)14-35-23;/h2-5,8,11,15,22,27,32H,6-7,9-10,12-14H2,1H3,(H,29,30,33);1H/t15-,22+;/m0./s1. The van der Waals surface area contributed by atoms with E-state index in [1.807, 2.05) is 30.3 Å². The van der Waals surface area contributed by atoms with Crippen molar-refractivity contribution in [2.45, 2.75) is 24.0 Å². The Bertz CT molecular complexity index is 1250. The summed E-state index contributed by atoms with van der Waals surface area (Å²) in [6.45, 7) is 3.12. The monoisotopic (exact) mass is 533 g/mol. The maximum atomic E-state index is 14.6. The van der Waals surface area contributed by atoms with E-state index in [2.05, 4.69) is 25.5 Å². The number of anilines is 1. The van der Waals surface area contributed by atoms with Crippen molar-refractivity contribution < 1.29 is 19.0 Å². The number of carbonyl (C=O) groups is 1. The number of likely N-dealkylation sites (tertiary alicyclic amines) is 1. The first kappa shape index (κ1) is 26.6. The molecule has 2 atom stereocenters. The Morgan fingerprint density at radius 3 is 3.00 bits per heavy atom. The topological polar surface area (TPSA) is 99.6 Å². The van der Waals surface area contributed by atoms with E-state index in [0.717, 1.165) is 28.0 Å². The van der Waals surface area contributed by atoms with Crippen molar-refractivity contribution in [2.24, 2.45) is 5.92 Å². The summed E-state index contributed by atoms with van der Waals surface area (Å²) in [5.74, 6) is 1.42. The molecule has 36 heavy (non-hydrogen) atoms. The van der Waals surface area contributed by atoms with Crippen molar-refractivity contribution in [3.63, 3.8) is 0 Å². The van der Waals surface area contributed by atoms with E-state index >= 15 is 0 Å². The highest BCUT2D eigenvalue weighted by atomic mass is 35.5. The molecule has 2 aromatic heterocycles. The van der Waals surface area contributed by atoms with Crippen LogP contribution in [0.15, 0.2) is 41.4 Å². The molecule has 8 nitrogen and oxygen atoms in total. The van der Waals surface area contributed by atoms with Gasteiger partial charge >= 0.3 is 0 Å². The summed E-state index contributed by atoms with van der Waals surface area (Å²) in [5, 5.41) is 17.5. The van der Waals surface area contributed by atoms with Crippen LogP contribution in [0.3, 0.4) is 0 Å². The zero-order valence-electron chi connectivity index (χ0n) is 19.9. The molecule has 0 radical (unpaired) electrons. The van der Waals surface area contributed by atoms with Crippen LogP contribution < -0.4 is 15.4 Å². The molecule has 0 aliphatic carbocycles. The van der Waals surface area contributed by atoms with Crippen LogP contribution in [0.25, 0.3) is 10.9 Å². The molecule has 3 aromatic rings. The Balaban J connectivity index is 0.00000304. The lowest BCUT2D eigenvalue weighted by atomic mass is 10.0. The Kier molecular flexibility index (Phi) is 8.63. The predicted octanol–water partition coefficient (Wildman–Crippen LogP) is 2.87. The smallest absolute Gasteiger partial charge is 0.235 e. The second-order valence-corrected chi connectivity index (χ2v) is 9.94. The summed E-state index contributed by atoms with van der Waals surface area (Å²) in [7, 11) is 1.59. The molecule has 4 heterocycles. The Morgan fingerprint density at radius 1 is 1.31 bits per heavy atom. The minimum Gasteiger partial charge on any atom is -0.497 e. The van der Waals surface area contributed by atoms with Gasteiger partial charge in [-0.3, -0.25) is 9.78 Å². The highest BCUT2D eigenvalue weighted by Crippen LogP contribution is 2.30. The van der Waals surface area contributed by atoms with Crippen molar-refractivity contribution >= 4 is 46.8 Å². The van der Waals surface area contributed by atoms with Gasteiger partial charge in [-0.05, 0) is 36.8 Å². The molecule has 1 aromatic carbocycles. The van der Waals surface area contributed by atoms with Crippen LogP contribution in [0, 0.1) is 11.7 Å². The number of nitrogens with one attached hydrogen (secondary N) is 2. The first-order chi connectivity index (χ1) is 17.0. The molecule has 0 spiro atoms. The number of fused-ring (bicyclic) bond motifs is 2. The molecule has 0 bridgehead atoms. The van der Waals surface area contributed by atoms with E-state index < -0.39 is 6.10 Å². The second kappa shape index (κ2) is 11.7. The summed E-state index contributed by atoms with van der Waals surface area (Å²) in [6.07, 6.45) is 1.34. The number of hydrogen-bond donors (Lipinski definition) is 3. The van der Waals surface area contributed by atoms with Crippen LogP contribution in [0.1, 0.15) is 11.3 Å². The molecule has 1 fully saturated rings. The minimum absolute atomic E-state index is 0. The molecule has 2 aliphatic rings. The number of hydrogen-bond acceptors (Lipinski definition) is 8. The summed E-state index contributed by atoms with van der Waals surface area (Å²) >= 11 is 1.49. The maximum absolute atomic E-state index is 14.6. The van der Waals surface area contributed by atoms with Gasteiger partial charge in [0.15, 0.2) is 0 Å². The van der Waals surface area contributed by atoms with E-state index in [0.29, 0.717) is 55.5 Å². The molecule has 192 valence electrons. The molecular formula is C25H29ClFN5O3S. The lowest BCUT2D eigenvalue weighted by molar-refractivity contribution is -0.113. The number of rotatable bonds is 8. The van der Waals surface area contributed by atoms with Crippen LogP contribution in [-0.4, -0.2) is 71.0 Å². The van der Waals surface area contributed by atoms with Crippen LogP contribution in [-0.2, 0) is 17.8 Å². The number of aliphatic hydroxyl groups is 1. The molecular weight excluding hydrogens is 505 g/mol. The number of thioether (sulfide) groups is 1. The van der Waals surface area contributed by atoms with Gasteiger partial charge in [0.05, 0.1) is 41.3 Å². The van der Waals surface area contributed by atoms with Gasteiger partial charge < -0.3 is 25.4 Å². The van der Waals surface area contributed by atoms with Crippen molar-refractivity contribution in [2.75, 3.05) is 44.4 Å². The van der Waals surface area contributed by atoms with Crippen molar-refractivity contribution in [3.05, 3.63) is 53.6 Å². The Morgan fingerprint density at radius 2 is 2.17 bits per heavy atom. The molecule has 1 saturated heterocycles. The SMILES string of the molecule is COc1ccc2ncc(F)c(CCN3C[C@H](CNCc4ccc5c(n4)NC(=O)CS5)[C@H](O)C3)c2c1.Cl. The number of ether oxygens (including phenoxy) is 1. The number of β-amino-alcohol motifs (C(OH)–C–C–N with tert-alkyl or cyclic N) is 1. The number of nitrogens with zero attached hydrogens (tertiary/aromatic N) is 3. The number of halogens is 2. The number of amides is 1. The van der Waals surface area contributed by atoms with Gasteiger partial charge in [0.1, 0.15) is 17.4 Å². The van der Waals surface area contributed by atoms with Crippen molar-refractivity contribution in [1.29, 1.82) is 0 Å². The lowest BCUT2D eigenvalue weighted by Crippen LogP contribution is -2.30. The molecule has 1 amide bonds. The van der Waals surface area contributed by atoms with E-state index in [1.54, 1.807) is 7.11 Å². The van der Waals surface area contributed by atoms with Crippen molar-refractivity contribution in [1.82, 2.24) is 20.2 Å². The van der Waals surface area contributed by atoms with Crippen molar-refractivity contribution in [3.8, 4) is 5.75 Å². The average Bonchev–Trinajstić information content (AvgIpc) is 3.21. The quantitative estimate of drug-likeness (QED) is 0.406. The van der Waals surface area contributed by atoms with Gasteiger partial charge in [-0.2, -0.15) is 0 Å². The van der Waals surface area contributed by atoms with Gasteiger partial charge in [0.25, 0.3) is 0 Å². The first-order valence-corrected chi connectivity index (χ1v) is 12.6. The molecule has 5 rings (SSSR count). The van der Waals surface area contributed by atoms with Crippen LogP contribution in [0.4, 0.5) is 10.2 Å². The summed E-state index contributed by atoms with van der Waals surface area (Å²) in [6, 6.07) is 9.41. The number of carbonyl (C=O) groups excluding carboxylic acids is 1. The predicted molar refractivity (Wildman–Crippen MR) is 140 cm³/mol. The van der Waals surface area contributed by atoms with Gasteiger partial charge in [-0.1, -0.05) is 0 Å². The second-order valence-electron chi connectivity index (χ2n) is 8.92. The fraction of sp³-hybridized carbons (Fsp3) is 0.400. The molecule has 3 N–H and O–H groups in total. The molecule has 0 saturated carbocycles. The third-order valence-corrected chi connectivity index (χ3v) is 7.59. The van der Waals surface area contributed by atoms with Crippen LogP contribution in [0.2, 0.25) is 0 Å². The first-order valence-electron chi connectivity index (χ1n) is 11.6. The number of benzene rings is 1. The summed E-state index contributed by atoms with van der Waals surface area (Å²) < 4.78 is 19.9. The number of methoxy groups -OCH3 is 1. The zero-order valence-corrected chi connectivity index (χ0v) is 21.5. The van der Waals surface area contributed by atoms with Gasteiger partial charge in [0, 0.05) is 49.6 Å². The van der Waals surface area contributed by atoms with E-state index in [1.165, 1.54) is 18.0 Å². The van der Waals surface area contributed by atoms with Crippen LogP contribution in [0.5, 0.6) is 5.75 Å². The summed E-state index contributed by atoms with van der Waals surface area (Å²) in [5.41, 5.74) is 2.19. The minimum atomic E-state index is -0.450. The summed E-state index contributed by atoms with van der Waals surface area (Å²) in [4.78, 5) is 23.5. The average molecular weight is 534 g/mol. The third kappa shape index (κ3) is 5.90. The van der Waals surface area contributed by atoms with Gasteiger partial charge in [-0.25, -0.2) is 9.37 Å². The maximum Gasteiger partial charge on any atom is 0.235 e. The number of pyridine rings is 2. The lowest BCUT2D eigenvalue weighted by Gasteiger charge is -2.18. The normalized spacial score (nSPS) is 19.6. The molecule has 11 heteroatoms. The third-order valence-electron chi connectivity index (χ3n) is 6.54. The Hall–Kier alpha value is -2.50. The fourth-order valence-electron chi connectivity index (χ4n) is 4.67. The van der Waals surface area contributed by atoms with Crippen LogP contribution >= 0.6 is 24.2 Å². The number of aromatic nitrogens is 2. The highest BCUT2D eigenvalue weighted by molar-refractivity contribution is 8.00. The van der Waals surface area contributed by atoms with E-state index in [9.17, 15) is 14.3 Å². The van der Waals surface area contributed by atoms with E-state index in [4.69, 9.17) is 4.74 Å². The molecule has 0 unspecified atom stereocenters. The highest BCUT2D eigenvalue weighted by Gasteiger charge is 2.31. The fourth-order valence-corrected chi connectivity index (χ4v) is 5.42. The Labute approximate surface area is 219 Å². The largest absolute Gasteiger partial charge is 0.497 e. The van der Waals surface area contributed by atoms with E-state index in [-0.39, 0.29) is 30.0 Å². The molecule has 2 aliphatic heterocycles.